The van der Waals surface area contributed by atoms with E-state index in [2.05, 4.69) is 0 Å². The molecule has 2 aromatic rings. The van der Waals surface area contributed by atoms with Gasteiger partial charge >= 0.3 is 6.09 Å². The minimum Gasteiger partial charge on any atom is -0.497 e. The lowest BCUT2D eigenvalue weighted by molar-refractivity contribution is -0.384. The van der Waals surface area contributed by atoms with Crippen LogP contribution in [0.2, 0.25) is 0 Å². The first kappa shape index (κ1) is 36.3. The van der Waals surface area contributed by atoms with Crippen LogP contribution in [0.4, 0.5) is 10.5 Å². The smallest absolute Gasteiger partial charge is 0.410 e. The zero-order chi connectivity index (χ0) is 33.9. The number of ether oxygens (including phenoxy) is 5. The van der Waals surface area contributed by atoms with Crippen molar-refractivity contribution in [1.29, 1.82) is 0 Å². The predicted molar refractivity (Wildman–Crippen MR) is 173 cm³/mol. The monoisotopic (exact) mass is 641 g/mol. The molecule has 0 fully saturated rings. The van der Waals surface area contributed by atoms with Crippen molar-refractivity contribution in [2.45, 2.75) is 77.9 Å². The molecule has 0 saturated carbocycles. The third-order valence-electron chi connectivity index (χ3n) is 7.25. The van der Waals surface area contributed by atoms with Crippen LogP contribution in [0, 0.1) is 10.1 Å². The van der Waals surface area contributed by atoms with Gasteiger partial charge in [0.1, 0.15) is 17.1 Å². The summed E-state index contributed by atoms with van der Waals surface area (Å²) in [6.45, 7) is 10.4. The van der Waals surface area contributed by atoms with Gasteiger partial charge in [0.2, 0.25) is 0 Å². The fraction of sp³-hybridized carbons (Fsp3) is 0.529. The SMILES string of the molecule is COc1ccc(COC[C@H](C)N2CC[C@H](CN(C)C(=O)OC(C)(C)C)OCC=CCC(C)Oc3ccc([N+](=O)[O-])cc3C2=O)cc1. The summed E-state index contributed by atoms with van der Waals surface area (Å²) in [6, 6.07) is 11.1. The summed E-state index contributed by atoms with van der Waals surface area (Å²) in [5.41, 5.74) is 0.160. The Morgan fingerprint density at radius 1 is 1.17 bits per heavy atom. The van der Waals surface area contributed by atoms with Crippen molar-refractivity contribution in [3.8, 4) is 11.5 Å². The number of nitrogens with zero attached hydrogens (tertiary/aromatic N) is 3. The largest absolute Gasteiger partial charge is 0.497 e. The van der Waals surface area contributed by atoms with E-state index in [0.29, 0.717) is 26.1 Å². The van der Waals surface area contributed by atoms with Crippen molar-refractivity contribution in [2.75, 3.05) is 40.5 Å². The molecular formula is C34H47N3O9. The number of hydrogen-bond acceptors (Lipinski definition) is 9. The van der Waals surface area contributed by atoms with E-state index in [1.165, 1.54) is 23.1 Å². The van der Waals surface area contributed by atoms with Crippen LogP contribution in [0.3, 0.4) is 0 Å². The minimum atomic E-state index is -0.655. The Labute approximate surface area is 271 Å². The molecule has 252 valence electrons. The van der Waals surface area contributed by atoms with E-state index in [-0.39, 0.29) is 42.8 Å². The molecule has 1 aliphatic heterocycles. The Balaban J connectivity index is 1.89. The maximum atomic E-state index is 14.2. The molecule has 0 saturated heterocycles. The molecule has 2 amide bonds. The van der Waals surface area contributed by atoms with Crippen molar-refractivity contribution in [3.63, 3.8) is 0 Å². The number of nitro groups is 1. The molecule has 0 spiro atoms. The first-order valence-corrected chi connectivity index (χ1v) is 15.4. The van der Waals surface area contributed by atoms with Gasteiger partial charge in [0, 0.05) is 38.7 Å². The fourth-order valence-corrected chi connectivity index (χ4v) is 4.78. The van der Waals surface area contributed by atoms with E-state index in [4.69, 9.17) is 23.7 Å². The first-order valence-electron chi connectivity index (χ1n) is 15.4. The molecule has 2 aromatic carbocycles. The molecule has 12 nitrogen and oxygen atoms in total. The summed E-state index contributed by atoms with van der Waals surface area (Å²) < 4.78 is 29.0. The van der Waals surface area contributed by atoms with Crippen LogP contribution in [0.1, 0.15) is 63.4 Å². The van der Waals surface area contributed by atoms with Crippen molar-refractivity contribution in [2.24, 2.45) is 0 Å². The van der Waals surface area contributed by atoms with Gasteiger partial charge in [0.05, 0.1) is 55.7 Å². The number of amides is 2. The lowest BCUT2D eigenvalue weighted by atomic mass is 10.1. The summed E-state index contributed by atoms with van der Waals surface area (Å²) in [5, 5.41) is 11.7. The summed E-state index contributed by atoms with van der Waals surface area (Å²) in [4.78, 5) is 41.2. The summed E-state index contributed by atoms with van der Waals surface area (Å²) in [6.07, 6.45) is 3.47. The molecule has 0 radical (unpaired) electrons. The molecule has 0 bridgehead atoms. The molecule has 0 aliphatic carbocycles. The van der Waals surface area contributed by atoms with Gasteiger partial charge in [-0.05, 0) is 64.8 Å². The predicted octanol–water partition coefficient (Wildman–Crippen LogP) is 6.02. The normalized spacial score (nSPS) is 18.5. The van der Waals surface area contributed by atoms with E-state index >= 15 is 0 Å². The lowest BCUT2D eigenvalue weighted by Crippen LogP contribution is -2.45. The van der Waals surface area contributed by atoms with Crippen molar-refractivity contribution < 1.29 is 38.2 Å². The fourth-order valence-electron chi connectivity index (χ4n) is 4.78. The second-order valence-electron chi connectivity index (χ2n) is 12.4. The van der Waals surface area contributed by atoms with Crippen molar-refractivity contribution in [3.05, 3.63) is 75.9 Å². The molecule has 46 heavy (non-hydrogen) atoms. The van der Waals surface area contributed by atoms with E-state index in [0.717, 1.165) is 11.3 Å². The number of methoxy groups -OCH3 is 1. The number of hydrogen-bond donors (Lipinski definition) is 0. The topological polar surface area (TPSA) is 130 Å². The van der Waals surface area contributed by atoms with Crippen LogP contribution in [0.15, 0.2) is 54.6 Å². The van der Waals surface area contributed by atoms with Crippen LogP contribution in [0.25, 0.3) is 0 Å². The number of nitro benzene ring substituents is 1. The lowest BCUT2D eigenvalue weighted by Gasteiger charge is -2.33. The third kappa shape index (κ3) is 11.3. The van der Waals surface area contributed by atoms with Crippen LogP contribution in [-0.4, -0.2) is 91.0 Å². The van der Waals surface area contributed by atoms with Crippen LogP contribution in [0.5, 0.6) is 11.5 Å². The molecular weight excluding hydrogens is 594 g/mol. The van der Waals surface area contributed by atoms with Gasteiger partial charge in [-0.1, -0.05) is 24.3 Å². The molecule has 1 heterocycles. The molecule has 0 aromatic heterocycles. The molecule has 0 N–H and O–H groups in total. The number of benzene rings is 2. The Hall–Kier alpha value is -4.16. The molecule has 1 unspecified atom stereocenters. The second kappa shape index (κ2) is 17.0. The van der Waals surface area contributed by atoms with Gasteiger partial charge in [0.25, 0.3) is 11.6 Å². The first-order chi connectivity index (χ1) is 21.8. The Bertz CT molecular complexity index is 1340. The minimum absolute atomic E-state index is 0.0902. The van der Waals surface area contributed by atoms with Gasteiger partial charge < -0.3 is 33.5 Å². The van der Waals surface area contributed by atoms with Gasteiger partial charge in [-0.3, -0.25) is 14.9 Å². The van der Waals surface area contributed by atoms with Gasteiger partial charge in [-0.15, -0.1) is 0 Å². The number of carbonyl (C=O) groups is 2. The summed E-state index contributed by atoms with van der Waals surface area (Å²) in [7, 11) is 3.25. The van der Waals surface area contributed by atoms with E-state index < -0.39 is 34.7 Å². The van der Waals surface area contributed by atoms with Crippen molar-refractivity contribution in [1.82, 2.24) is 9.80 Å². The number of likely N-dealkylation sites (N-methyl/N-ethyl adjacent to an activating group) is 1. The Morgan fingerprint density at radius 2 is 1.89 bits per heavy atom. The second-order valence-corrected chi connectivity index (χ2v) is 12.4. The highest BCUT2D eigenvalue weighted by Crippen LogP contribution is 2.28. The highest BCUT2D eigenvalue weighted by atomic mass is 16.6. The maximum Gasteiger partial charge on any atom is 0.410 e. The summed E-state index contributed by atoms with van der Waals surface area (Å²) >= 11 is 0. The quantitative estimate of drug-likeness (QED) is 0.183. The number of carbonyl (C=O) groups excluding carboxylic acids is 2. The highest BCUT2D eigenvalue weighted by Gasteiger charge is 2.29. The number of non-ortho nitro benzene ring substituents is 1. The van der Waals surface area contributed by atoms with Crippen LogP contribution < -0.4 is 9.47 Å². The average Bonchev–Trinajstić information content (AvgIpc) is 2.99. The average molecular weight is 642 g/mol. The molecule has 1 aliphatic rings. The number of fused-ring (bicyclic) bond motifs is 1. The summed E-state index contributed by atoms with van der Waals surface area (Å²) in [5.74, 6) is 0.572. The highest BCUT2D eigenvalue weighted by molar-refractivity contribution is 5.97. The van der Waals surface area contributed by atoms with Gasteiger partial charge in [-0.2, -0.15) is 0 Å². The zero-order valence-electron chi connectivity index (χ0n) is 27.9. The zero-order valence-corrected chi connectivity index (χ0v) is 27.9. The standard InChI is InChI=1S/C34H47N3O9/c1-24(22-43-23-26-11-14-28(42-7)15-12-26)36-18-17-29(21-35(6)33(39)46-34(3,4)5)44-19-9-8-10-25(2)45-31-16-13-27(37(40)41)20-30(31)32(36)38/h8-9,11-16,20,24-25,29H,10,17-19,21-23H2,1-7H3/t24-,25?,29+/m0/s1. The van der Waals surface area contributed by atoms with Crippen LogP contribution >= 0.6 is 0 Å². The Morgan fingerprint density at radius 3 is 2.54 bits per heavy atom. The Kier molecular flexibility index (Phi) is 13.4. The molecule has 12 heteroatoms. The third-order valence-corrected chi connectivity index (χ3v) is 7.25. The number of rotatable bonds is 9. The van der Waals surface area contributed by atoms with Crippen LogP contribution in [-0.2, 0) is 20.8 Å². The van der Waals surface area contributed by atoms with Crippen molar-refractivity contribution >= 4 is 17.7 Å². The molecule has 3 atom stereocenters. The van der Waals surface area contributed by atoms with E-state index in [1.807, 2.05) is 50.3 Å². The van der Waals surface area contributed by atoms with E-state index in [1.54, 1.807) is 39.8 Å². The maximum absolute atomic E-state index is 14.2. The van der Waals surface area contributed by atoms with E-state index in [9.17, 15) is 19.7 Å². The molecule has 3 rings (SSSR count). The van der Waals surface area contributed by atoms with Gasteiger partial charge in [-0.25, -0.2) is 4.79 Å². The van der Waals surface area contributed by atoms with Gasteiger partial charge in [0.15, 0.2) is 0 Å².